The number of nitrogens with one attached hydrogen (secondary N) is 1. The average molecular weight is 385 g/mol. The van der Waals surface area contributed by atoms with E-state index in [4.69, 9.17) is 0 Å². The second-order valence-electron chi connectivity index (χ2n) is 7.80. The minimum atomic E-state index is 0.304. The Morgan fingerprint density at radius 3 is 2.79 bits per heavy atom. The Balaban J connectivity index is 0.000000706. The predicted molar refractivity (Wildman–Crippen MR) is 113 cm³/mol. The molecule has 2 N–H and O–H groups in total. The van der Waals surface area contributed by atoms with E-state index in [2.05, 4.69) is 21.5 Å². The standard InChI is InChI=1S/C21H26N2O2.C2H6O/c1-3-13-11-23-9-8-15-20-17(6-5-7-19(20)25)22-21(15)18(23)10-16(13)14(4-2)12-24;1-3-2/h4-7,12-13,16,18,22,25H,3,8-11H2,1-2H3;1-2H3/b14-4-;. The summed E-state index contributed by atoms with van der Waals surface area (Å²) in [7, 11) is 3.25. The molecule has 5 nitrogen and oxygen atoms in total. The molecule has 2 aliphatic rings. The molecule has 1 aromatic carbocycles. The van der Waals surface area contributed by atoms with Gasteiger partial charge in [-0.3, -0.25) is 9.69 Å². The maximum Gasteiger partial charge on any atom is 0.145 e. The van der Waals surface area contributed by atoms with Gasteiger partial charge in [-0.25, -0.2) is 0 Å². The van der Waals surface area contributed by atoms with Crippen LogP contribution in [0, 0.1) is 11.8 Å². The van der Waals surface area contributed by atoms with Crippen molar-refractivity contribution in [1.82, 2.24) is 9.88 Å². The number of aromatic nitrogens is 1. The van der Waals surface area contributed by atoms with Crippen LogP contribution < -0.4 is 0 Å². The lowest BCUT2D eigenvalue weighted by atomic mass is 9.74. The molecule has 2 aliphatic heterocycles. The van der Waals surface area contributed by atoms with Crippen molar-refractivity contribution in [2.24, 2.45) is 11.8 Å². The van der Waals surface area contributed by atoms with Crippen molar-refractivity contribution in [2.75, 3.05) is 27.3 Å². The van der Waals surface area contributed by atoms with Crippen molar-refractivity contribution in [3.63, 3.8) is 0 Å². The Kier molecular flexibility index (Phi) is 6.57. The van der Waals surface area contributed by atoms with E-state index in [0.717, 1.165) is 55.1 Å². The molecule has 3 atom stereocenters. The van der Waals surface area contributed by atoms with E-state index in [9.17, 15) is 9.90 Å². The number of methoxy groups -OCH3 is 1. The van der Waals surface area contributed by atoms with Crippen molar-refractivity contribution < 1.29 is 14.6 Å². The second kappa shape index (κ2) is 8.93. The number of fused-ring (bicyclic) bond motifs is 5. The summed E-state index contributed by atoms with van der Waals surface area (Å²) in [5, 5.41) is 11.3. The molecule has 1 aromatic heterocycles. The Morgan fingerprint density at radius 1 is 1.39 bits per heavy atom. The summed E-state index contributed by atoms with van der Waals surface area (Å²) in [6, 6.07) is 6.00. The molecule has 5 heteroatoms. The lowest BCUT2D eigenvalue weighted by Gasteiger charge is -2.46. The predicted octanol–water partition coefficient (Wildman–Crippen LogP) is 4.23. The number of phenolic OH excluding ortho intramolecular Hbond substituents is 1. The molecule has 3 heterocycles. The Bertz CT molecular complexity index is 855. The molecule has 152 valence electrons. The van der Waals surface area contributed by atoms with Gasteiger partial charge in [0.15, 0.2) is 0 Å². The van der Waals surface area contributed by atoms with Gasteiger partial charge in [0, 0.05) is 43.9 Å². The van der Waals surface area contributed by atoms with Crippen LogP contribution in [-0.2, 0) is 16.0 Å². The topological polar surface area (TPSA) is 65.6 Å². The quantitative estimate of drug-likeness (QED) is 0.614. The zero-order valence-electron chi connectivity index (χ0n) is 17.4. The number of carbonyl (C=O) groups is 1. The number of benzene rings is 1. The van der Waals surface area contributed by atoms with Crippen LogP contribution in [-0.4, -0.2) is 48.6 Å². The highest BCUT2D eigenvalue weighted by Crippen LogP contribution is 2.46. The van der Waals surface area contributed by atoms with Crippen molar-refractivity contribution in [3.05, 3.63) is 41.1 Å². The molecule has 0 bridgehead atoms. The fraction of sp³-hybridized carbons (Fsp3) is 0.522. The second-order valence-corrected chi connectivity index (χ2v) is 7.80. The number of hydrogen-bond acceptors (Lipinski definition) is 4. The summed E-state index contributed by atoms with van der Waals surface area (Å²) < 4.78 is 4.25. The third-order valence-electron chi connectivity index (χ3n) is 6.30. The van der Waals surface area contributed by atoms with Crippen LogP contribution in [0.4, 0.5) is 0 Å². The number of rotatable bonds is 3. The van der Waals surface area contributed by atoms with E-state index in [1.54, 1.807) is 20.3 Å². The van der Waals surface area contributed by atoms with Gasteiger partial charge in [-0.05, 0) is 54.9 Å². The minimum Gasteiger partial charge on any atom is -0.507 e. The third-order valence-corrected chi connectivity index (χ3v) is 6.30. The van der Waals surface area contributed by atoms with Gasteiger partial charge >= 0.3 is 0 Å². The fourth-order valence-corrected chi connectivity index (χ4v) is 4.99. The van der Waals surface area contributed by atoms with Gasteiger partial charge in [0.05, 0.1) is 6.04 Å². The molecular formula is C23H32N2O3. The van der Waals surface area contributed by atoms with Crippen LogP contribution in [0.3, 0.4) is 0 Å². The molecule has 0 radical (unpaired) electrons. The number of aromatic amines is 1. The first kappa shape index (κ1) is 20.6. The van der Waals surface area contributed by atoms with Crippen molar-refractivity contribution in [1.29, 1.82) is 0 Å². The molecule has 1 saturated heterocycles. The van der Waals surface area contributed by atoms with Gasteiger partial charge in [-0.15, -0.1) is 0 Å². The van der Waals surface area contributed by atoms with Crippen LogP contribution in [0.25, 0.3) is 10.9 Å². The SMILES string of the molecule is C/C=C(/C=O)C1CC2c3[nH]c4cccc(O)c4c3CCN2CC1CC.COC. The molecule has 0 saturated carbocycles. The number of carbonyl (C=O) groups excluding carboxylic acids is 1. The first-order valence-corrected chi connectivity index (χ1v) is 10.2. The smallest absolute Gasteiger partial charge is 0.145 e. The van der Waals surface area contributed by atoms with Crippen molar-refractivity contribution in [2.45, 2.75) is 39.2 Å². The summed E-state index contributed by atoms with van der Waals surface area (Å²) in [6.45, 7) is 6.26. The van der Waals surface area contributed by atoms with E-state index in [-0.39, 0.29) is 0 Å². The minimum absolute atomic E-state index is 0.304. The number of allylic oxidation sites excluding steroid dienone is 2. The van der Waals surface area contributed by atoms with Crippen molar-refractivity contribution in [3.8, 4) is 5.75 Å². The first-order valence-electron chi connectivity index (χ1n) is 10.2. The van der Waals surface area contributed by atoms with Gasteiger partial charge in [0.2, 0.25) is 0 Å². The van der Waals surface area contributed by atoms with E-state index in [0.29, 0.717) is 23.6 Å². The zero-order chi connectivity index (χ0) is 20.3. The highest BCUT2D eigenvalue weighted by atomic mass is 16.4. The average Bonchev–Trinajstić information content (AvgIpc) is 3.09. The molecule has 0 aliphatic carbocycles. The molecule has 3 unspecified atom stereocenters. The fourth-order valence-electron chi connectivity index (χ4n) is 4.99. The maximum absolute atomic E-state index is 11.6. The highest BCUT2D eigenvalue weighted by Gasteiger charge is 2.40. The summed E-state index contributed by atoms with van der Waals surface area (Å²) in [5.41, 5.74) is 4.46. The first-order chi connectivity index (χ1) is 13.6. The third kappa shape index (κ3) is 3.61. The number of ether oxygens (including phenoxy) is 1. The normalized spacial score (nSPS) is 24.9. The zero-order valence-corrected chi connectivity index (χ0v) is 17.4. The van der Waals surface area contributed by atoms with Gasteiger partial charge in [-0.2, -0.15) is 0 Å². The molecule has 4 rings (SSSR count). The van der Waals surface area contributed by atoms with Gasteiger partial charge in [-0.1, -0.05) is 25.5 Å². The lowest BCUT2D eigenvalue weighted by molar-refractivity contribution is -0.105. The number of H-pyrrole nitrogens is 1. The van der Waals surface area contributed by atoms with Crippen LogP contribution in [0.15, 0.2) is 29.8 Å². The Hall–Kier alpha value is -2.11. The summed E-state index contributed by atoms with van der Waals surface area (Å²) in [6.07, 6.45) is 6.06. The maximum atomic E-state index is 11.6. The van der Waals surface area contributed by atoms with Crippen molar-refractivity contribution >= 4 is 17.2 Å². The number of phenols is 1. The highest BCUT2D eigenvalue weighted by molar-refractivity contribution is 5.90. The molecule has 28 heavy (non-hydrogen) atoms. The largest absolute Gasteiger partial charge is 0.507 e. The van der Waals surface area contributed by atoms with E-state index < -0.39 is 0 Å². The van der Waals surface area contributed by atoms with Gasteiger partial charge < -0.3 is 14.8 Å². The molecule has 1 fully saturated rings. The van der Waals surface area contributed by atoms with Gasteiger partial charge in [0.25, 0.3) is 0 Å². The van der Waals surface area contributed by atoms with Crippen LogP contribution >= 0.6 is 0 Å². The number of aldehydes is 1. The summed E-state index contributed by atoms with van der Waals surface area (Å²) in [4.78, 5) is 17.7. The molecule has 2 aromatic rings. The number of nitrogens with zero attached hydrogens (tertiary/aromatic N) is 1. The lowest BCUT2D eigenvalue weighted by Crippen LogP contribution is -2.46. The number of aromatic hydroxyl groups is 1. The van der Waals surface area contributed by atoms with E-state index in [1.807, 2.05) is 25.1 Å². The van der Waals surface area contributed by atoms with Crippen LogP contribution in [0.2, 0.25) is 0 Å². The summed E-state index contributed by atoms with van der Waals surface area (Å²) in [5.74, 6) is 1.22. The Labute approximate surface area is 167 Å². The monoisotopic (exact) mass is 384 g/mol. The Morgan fingerprint density at radius 2 is 2.14 bits per heavy atom. The van der Waals surface area contributed by atoms with E-state index >= 15 is 0 Å². The molecular weight excluding hydrogens is 352 g/mol. The molecule has 0 amide bonds. The molecule has 0 spiro atoms. The number of piperidine rings is 1. The number of hydrogen-bond donors (Lipinski definition) is 2. The van der Waals surface area contributed by atoms with E-state index in [1.165, 1.54) is 11.3 Å². The van der Waals surface area contributed by atoms with Crippen LogP contribution in [0.1, 0.15) is 44.0 Å². The summed E-state index contributed by atoms with van der Waals surface area (Å²) >= 11 is 0. The van der Waals surface area contributed by atoms with Gasteiger partial charge in [0.1, 0.15) is 12.0 Å². The van der Waals surface area contributed by atoms with Crippen LogP contribution in [0.5, 0.6) is 5.75 Å².